The van der Waals surface area contributed by atoms with E-state index in [4.69, 9.17) is 64.6 Å². The lowest BCUT2D eigenvalue weighted by Crippen LogP contribution is -2.56. The van der Waals surface area contributed by atoms with Crippen LogP contribution in [0.1, 0.15) is 253 Å². The van der Waals surface area contributed by atoms with Crippen molar-refractivity contribution < 1.29 is 73.6 Å². The van der Waals surface area contributed by atoms with Gasteiger partial charge in [-0.25, -0.2) is 14.3 Å². The minimum atomic E-state index is -4.60. The number of hydrogen-bond donors (Lipinski definition) is 0. The van der Waals surface area contributed by atoms with Gasteiger partial charge in [-0.1, -0.05) is 179 Å². The molecule has 10 atom stereocenters. The van der Waals surface area contributed by atoms with Crippen LogP contribution in [0.4, 0.5) is 13.2 Å². The van der Waals surface area contributed by atoms with Gasteiger partial charge < -0.3 is 50.8 Å². The highest BCUT2D eigenvalue weighted by molar-refractivity contribution is 7.71. The fourth-order valence-electron chi connectivity index (χ4n) is 17.1. The number of unbranched alkanes of at least 4 members (excludes halogenated alkanes) is 15. The van der Waals surface area contributed by atoms with Gasteiger partial charge in [-0.2, -0.15) is 17.7 Å². The van der Waals surface area contributed by atoms with Gasteiger partial charge in [0.25, 0.3) is 0 Å². The molecule has 0 heterocycles. The van der Waals surface area contributed by atoms with Crippen molar-refractivity contribution in [2.45, 2.75) is 260 Å². The number of esters is 2. The number of carbonyl (C=O) groups excluding carboxylic acids is 2. The first-order valence-corrected chi connectivity index (χ1v) is 47.3. The number of benzene rings is 4. The fraction of sp³-hybridized carbons (Fsp3) is 0.663. The zero-order valence-corrected chi connectivity index (χ0v) is 71.3. The van der Waals surface area contributed by atoms with Gasteiger partial charge >= 0.3 is 33.4 Å². The Bertz CT molecular complexity index is 3620. The predicted octanol–water partition coefficient (Wildman–Crippen LogP) is 27.4. The second-order valence-corrected chi connectivity index (χ2v) is 39.0. The maximum atomic E-state index is 14.4. The van der Waals surface area contributed by atoms with Gasteiger partial charge in [0.2, 0.25) is 7.51 Å². The van der Waals surface area contributed by atoms with E-state index in [-0.39, 0.29) is 51.6 Å². The van der Waals surface area contributed by atoms with E-state index in [1.54, 1.807) is 39.7 Å². The molecule has 0 saturated heterocycles. The van der Waals surface area contributed by atoms with Crippen molar-refractivity contribution in [1.82, 2.24) is 0 Å². The number of ether oxygens (including phenoxy) is 5. The Balaban J connectivity index is 0.959. The average Bonchev–Trinajstić information content (AvgIpc) is 1.70. The number of carbonyl (C=O) groups is 2. The molecule has 8 unspecified atom stereocenters. The average molecular weight is 1600 g/mol. The summed E-state index contributed by atoms with van der Waals surface area (Å²) in [5, 5.41) is 0. The van der Waals surface area contributed by atoms with Crippen LogP contribution in [-0.2, 0) is 41.5 Å². The van der Waals surface area contributed by atoms with Crippen molar-refractivity contribution in [3.05, 3.63) is 121 Å². The highest BCUT2D eigenvalue weighted by Crippen LogP contribution is 2.73. The summed E-state index contributed by atoms with van der Waals surface area (Å²) in [6, 6.07) is 31.5. The molecule has 0 spiro atoms. The summed E-state index contributed by atoms with van der Waals surface area (Å²) in [6.45, 7) is 23.4. The zero-order valence-electron chi connectivity index (χ0n) is 68.6. The molecule has 111 heavy (non-hydrogen) atoms. The molecule has 4 aromatic rings. The molecular formula is C89H135F3N3O13P3. The Labute approximate surface area is 665 Å². The van der Waals surface area contributed by atoms with Crippen LogP contribution in [0.2, 0.25) is 0 Å². The first-order valence-electron chi connectivity index (χ1n) is 42.2. The number of halogens is 3. The van der Waals surface area contributed by atoms with Crippen molar-refractivity contribution in [2.75, 3.05) is 79.8 Å². The SMILES string of the molecule is C=C(C)C(=O)OCCCOP(N=P(C)(OCCCCCCOc1ccc(-c2ccc(OC(=O)C(=C)C)cc2)cc1)OCCCCCC1CC[C@@]2(C)C(CC[C@@]3(C)C4CCCC4CCC23)C1)(=NP(=NC)(OCCCCCC)OCCCCCOc1ccc(-c2ccc(OCCCCCCCC)cc2)cc1)OCCC(F)(F)F. The van der Waals surface area contributed by atoms with Crippen LogP contribution < -0.4 is 18.9 Å². The number of nitrogens with zero attached hydrogens (tertiary/aromatic N) is 3. The lowest BCUT2D eigenvalue weighted by Gasteiger charge is -2.64. The van der Waals surface area contributed by atoms with Gasteiger partial charge in [0.05, 0.1) is 72.5 Å². The van der Waals surface area contributed by atoms with Gasteiger partial charge in [0, 0.05) is 31.3 Å². The summed E-state index contributed by atoms with van der Waals surface area (Å²) in [5.41, 5.74) is 5.59. The van der Waals surface area contributed by atoms with Crippen molar-refractivity contribution in [3.63, 3.8) is 0 Å². The second kappa shape index (κ2) is 47.2. The number of fused-ring (bicyclic) bond motifs is 5. The van der Waals surface area contributed by atoms with E-state index in [0.717, 1.165) is 134 Å². The molecule has 4 aromatic carbocycles. The Morgan fingerprint density at radius 1 is 0.468 bits per heavy atom. The van der Waals surface area contributed by atoms with E-state index < -0.39 is 54.0 Å². The second-order valence-electron chi connectivity index (χ2n) is 32.1. The third-order valence-corrected chi connectivity index (χ3v) is 31.3. The van der Waals surface area contributed by atoms with Gasteiger partial charge in [0.15, 0.2) is 0 Å². The highest BCUT2D eigenvalue weighted by Gasteiger charge is 2.60. The van der Waals surface area contributed by atoms with Crippen molar-refractivity contribution in [1.29, 1.82) is 0 Å². The summed E-state index contributed by atoms with van der Waals surface area (Å²) in [7, 11) is -10.1. The molecule has 4 saturated carbocycles. The molecular weight excluding hydrogens is 1470 g/mol. The number of alkyl halides is 3. The van der Waals surface area contributed by atoms with Crippen molar-refractivity contribution >= 4 is 34.8 Å². The normalized spacial score (nSPS) is 21.8. The maximum absolute atomic E-state index is 14.4. The van der Waals surface area contributed by atoms with E-state index in [1.165, 1.54) is 103 Å². The van der Waals surface area contributed by atoms with E-state index in [2.05, 4.69) is 65.1 Å². The van der Waals surface area contributed by atoms with Crippen molar-refractivity contribution in [2.24, 2.45) is 54.2 Å². The van der Waals surface area contributed by atoms with E-state index in [0.29, 0.717) is 73.4 Å². The Hall–Kier alpha value is -5.06. The lowest BCUT2D eigenvalue weighted by molar-refractivity contribution is -0.145. The molecule has 0 amide bonds. The molecule has 0 bridgehead atoms. The van der Waals surface area contributed by atoms with Crippen LogP contribution in [-0.4, -0.2) is 97.9 Å². The highest BCUT2D eigenvalue weighted by atomic mass is 31.3. The molecule has 4 fully saturated rings. The molecule has 0 N–H and O–H groups in total. The van der Waals surface area contributed by atoms with E-state index in [9.17, 15) is 22.8 Å². The molecule has 22 heteroatoms. The molecule has 4 aliphatic rings. The van der Waals surface area contributed by atoms with Gasteiger partial charge in [-0.05, 0) is 234 Å². The first kappa shape index (κ1) is 91.5. The molecule has 8 rings (SSSR count). The summed E-state index contributed by atoms with van der Waals surface area (Å²) >= 11 is 0. The zero-order chi connectivity index (χ0) is 79.4. The largest absolute Gasteiger partial charge is 0.494 e. The Morgan fingerprint density at radius 3 is 1.41 bits per heavy atom. The Morgan fingerprint density at radius 2 is 0.901 bits per heavy atom. The quantitative estimate of drug-likeness (QED) is 0.0134. The van der Waals surface area contributed by atoms with Gasteiger partial charge in [-0.3, -0.25) is 0 Å². The number of rotatable bonds is 53. The third-order valence-electron chi connectivity index (χ3n) is 23.3. The van der Waals surface area contributed by atoms with Crippen LogP contribution in [0.25, 0.3) is 22.3 Å². The molecule has 0 radical (unpaired) electrons. The van der Waals surface area contributed by atoms with E-state index in [1.807, 2.05) is 60.7 Å². The van der Waals surface area contributed by atoms with Crippen LogP contribution in [0, 0.1) is 40.4 Å². The minimum Gasteiger partial charge on any atom is -0.494 e. The third kappa shape index (κ3) is 30.2. The maximum Gasteiger partial charge on any atom is 0.391 e. The topological polar surface area (TPSA) is 173 Å². The summed E-state index contributed by atoms with van der Waals surface area (Å²) in [6.07, 6.45) is 27.7. The summed E-state index contributed by atoms with van der Waals surface area (Å²) < 4.78 is 128. The smallest absolute Gasteiger partial charge is 0.391 e. The molecule has 0 aromatic heterocycles. The van der Waals surface area contributed by atoms with Crippen LogP contribution in [0.3, 0.4) is 0 Å². The monoisotopic (exact) mass is 1600 g/mol. The lowest BCUT2D eigenvalue weighted by atomic mass is 9.41. The van der Waals surface area contributed by atoms with Gasteiger partial charge in [-0.15, -0.1) is 4.52 Å². The van der Waals surface area contributed by atoms with E-state index >= 15 is 0 Å². The van der Waals surface area contributed by atoms with Crippen molar-refractivity contribution in [3.8, 4) is 45.3 Å². The predicted molar refractivity (Wildman–Crippen MR) is 445 cm³/mol. The molecule has 0 aliphatic heterocycles. The molecule has 4 aliphatic carbocycles. The van der Waals surface area contributed by atoms with Crippen LogP contribution in [0.5, 0.6) is 23.0 Å². The minimum absolute atomic E-state index is 0.0809. The Kier molecular flexibility index (Phi) is 38.9. The molecule has 620 valence electrons. The van der Waals surface area contributed by atoms with Crippen LogP contribution in [0.15, 0.2) is 135 Å². The number of hydrogen-bond acceptors (Lipinski definition) is 14. The standard InChI is InChI=1S/C89H135F3N3O13P3/c1-11-13-15-17-18-24-59-98-79-45-36-73(37-46-79)74-38-47-81(48-39-74)100-61-26-22-30-66-105-110(93-9,104-65-27-16-14-12-2)95-111(107-68-58-89(90,91)92,106-67-32-62-101-85(96)70(3)4)94-109(10,102-63-28-20-19-25-60-99-80-49-40-75(41-50-80)76-42-51-82(52-43-76)108-86(97)71(5)6)103-64-29-21-23-33-72-54-56-87(7)78(69-72)55-57-88(8)83-35-31-34-77(83)44-53-84(87)88/h36-43,45-52,72,77-78,83-84H,3,5,11-35,44,53-69H2,1-2,4,6-10H3/t72?,77?,78?,83?,84?,87-,88-,109?,110?,111?/m0/s1. The molecule has 16 nitrogen and oxygen atoms in total. The summed E-state index contributed by atoms with van der Waals surface area (Å²) in [5.74, 6) is 5.95. The fourth-order valence-corrected chi connectivity index (χ4v) is 25.1. The van der Waals surface area contributed by atoms with Crippen LogP contribution >= 0.6 is 22.8 Å². The van der Waals surface area contributed by atoms with Gasteiger partial charge in [0.1, 0.15) is 23.0 Å². The summed E-state index contributed by atoms with van der Waals surface area (Å²) in [4.78, 5) is 24.6. The first-order chi connectivity index (χ1) is 53.5.